The van der Waals surface area contributed by atoms with Gasteiger partial charge in [-0.25, -0.2) is 4.79 Å². The first kappa shape index (κ1) is 24.9. The molecule has 26 heavy (non-hydrogen) atoms. The highest BCUT2D eigenvalue weighted by Gasteiger charge is 2.07. The average Bonchev–Trinajstić information content (AvgIpc) is 2.65. The Hall–Kier alpha value is -1.05. The van der Waals surface area contributed by atoms with E-state index >= 15 is 0 Å². The molecule has 2 nitrogen and oxygen atoms in total. The summed E-state index contributed by atoms with van der Waals surface area (Å²) in [6, 6.07) is 0. The second-order valence-corrected chi connectivity index (χ2v) is 7.43. The van der Waals surface area contributed by atoms with Crippen LogP contribution in [0.25, 0.3) is 0 Å². The molecule has 0 amide bonds. The van der Waals surface area contributed by atoms with E-state index < -0.39 is 0 Å². The average molecular weight is 365 g/mol. The lowest BCUT2D eigenvalue weighted by Gasteiger charge is -2.12. The van der Waals surface area contributed by atoms with Gasteiger partial charge in [0.25, 0.3) is 0 Å². The van der Waals surface area contributed by atoms with Crippen LogP contribution in [0.5, 0.6) is 0 Å². The Labute approximate surface area is 163 Å². The van der Waals surface area contributed by atoms with Crippen molar-refractivity contribution in [3.05, 3.63) is 24.8 Å². The molecule has 0 saturated carbocycles. The standard InChI is InChI=1S/C24H44O2/c1-4-7-9-10-11-12-13-14-15-16-17-18-19-20-22-23(21-8-5-2)26-24(25)6-3/h6,20,22-23H,3-5,7-19,21H2,1-2H3/b22-20+. The van der Waals surface area contributed by atoms with Crippen molar-refractivity contribution in [3.8, 4) is 0 Å². The van der Waals surface area contributed by atoms with Gasteiger partial charge < -0.3 is 4.74 Å². The van der Waals surface area contributed by atoms with Gasteiger partial charge in [0.2, 0.25) is 0 Å². The fourth-order valence-electron chi connectivity index (χ4n) is 3.15. The topological polar surface area (TPSA) is 26.3 Å². The normalized spacial score (nSPS) is 12.4. The van der Waals surface area contributed by atoms with Crippen LogP contribution >= 0.6 is 0 Å². The van der Waals surface area contributed by atoms with Gasteiger partial charge >= 0.3 is 5.97 Å². The van der Waals surface area contributed by atoms with Crippen LogP contribution in [0.1, 0.15) is 117 Å². The van der Waals surface area contributed by atoms with Crippen molar-refractivity contribution in [2.45, 2.75) is 123 Å². The van der Waals surface area contributed by atoms with Crippen LogP contribution in [0, 0.1) is 0 Å². The van der Waals surface area contributed by atoms with E-state index in [1.165, 1.54) is 83.1 Å². The predicted octanol–water partition coefficient (Wildman–Crippen LogP) is 7.92. The van der Waals surface area contributed by atoms with E-state index in [1.54, 1.807) is 0 Å². The van der Waals surface area contributed by atoms with Gasteiger partial charge in [-0.15, -0.1) is 0 Å². The van der Waals surface area contributed by atoms with E-state index in [9.17, 15) is 4.79 Å². The lowest BCUT2D eigenvalue weighted by Crippen LogP contribution is -2.14. The highest BCUT2D eigenvalue weighted by Crippen LogP contribution is 2.13. The largest absolute Gasteiger partial charge is 0.455 e. The molecule has 2 heteroatoms. The van der Waals surface area contributed by atoms with Crippen LogP contribution < -0.4 is 0 Å². The number of ether oxygens (including phenoxy) is 1. The van der Waals surface area contributed by atoms with E-state index in [4.69, 9.17) is 4.74 Å². The molecule has 0 saturated heterocycles. The molecule has 0 aliphatic heterocycles. The summed E-state index contributed by atoms with van der Waals surface area (Å²) < 4.78 is 5.37. The van der Waals surface area contributed by atoms with Crippen molar-refractivity contribution in [1.82, 2.24) is 0 Å². The smallest absolute Gasteiger partial charge is 0.330 e. The highest BCUT2D eigenvalue weighted by molar-refractivity contribution is 5.81. The Balaban J connectivity index is 3.54. The lowest BCUT2D eigenvalue weighted by atomic mass is 10.0. The summed E-state index contributed by atoms with van der Waals surface area (Å²) in [5.74, 6) is -0.318. The molecule has 0 heterocycles. The molecule has 1 atom stereocenters. The van der Waals surface area contributed by atoms with Crippen molar-refractivity contribution in [1.29, 1.82) is 0 Å². The summed E-state index contributed by atoms with van der Waals surface area (Å²) in [7, 11) is 0. The van der Waals surface area contributed by atoms with Crippen LogP contribution in [-0.2, 0) is 9.53 Å². The fourth-order valence-corrected chi connectivity index (χ4v) is 3.15. The van der Waals surface area contributed by atoms with Gasteiger partial charge in [-0.3, -0.25) is 0 Å². The lowest BCUT2D eigenvalue weighted by molar-refractivity contribution is -0.141. The summed E-state index contributed by atoms with van der Waals surface area (Å²) in [5, 5.41) is 0. The maximum Gasteiger partial charge on any atom is 0.330 e. The summed E-state index contributed by atoms with van der Waals surface area (Å²) in [4.78, 5) is 11.4. The van der Waals surface area contributed by atoms with E-state index in [0.29, 0.717) is 0 Å². The minimum absolute atomic E-state index is 0.0854. The molecular formula is C24H44O2. The third-order valence-corrected chi connectivity index (χ3v) is 4.85. The zero-order valence-corrected chi connectivity index (χ0v) is 17.6. The van der Waals surface area contributed by atoms with Crippen LogP contribution in [0.15, 0.2) is 24.8 Å². The van der Waals surface area contributed by atoms with Gasteiger partial charge in [0.05, 0.1) is 0 Å². The molecule has 0 aromatic carbocycles. The van der Waals surface area contributed by atoms with Crippen molar-refractivity contribution < 1.29 is 9.53 Å². The Kier molecular flexibility index (Phi) is 19.4. The Morgan fingerprint density at radius 1 is 0.808 bits per heavy atom. The second-order valence-electron chi connectivity index (χ2n) is 7.43. The molecule has 0 aliphatic rings. The number of hydrogen-bond donors (Lipinski definition) is 0. The SMILES string of the molecule is C=CC(=O)OC(/C=C/CCCCCCCCCCCCCC)CCCC. The van der Waals surface area contributed by atoms with Gasteiger partial charge in [-0.05, 0) is 31.8 Å². The zero-order valence-electron chi connectivity index (χ0n) is 17.6. The molecule has 0 N–H and O–H groups in total. The first-order chi connectivity index (χ1) is 12.7. The molecule has 0 rings (SSSR count). The molecule has 0 aromatic heterocycles. The van der Waals surface area contributed by atoms with Crippen molar-refractivity contribution in [3.63, 3.8) is 0 Å². The van der Waals surface area contributed by atoms with Crippen molar-refractivity contribution >= 4 is 5.97 Å². The minimum atomic E-state index is -0.318. The van der Waals surface area contributed by atoms with Gasteiger partial charge in [-0.2, -0.15) is 0 Å². The van der Waals surface area contributed by atoms with Crippen LogP contribution in [0.4, 0.5) is 0 Å². The number of carbonyl (C=O) groups excluding carboxylic acids is 1. The third kappa shape index (κ3) is 17.8. The molecule has 152 valence electrons. The molecule has 0 bridgehead atoms. The predicted molar refractivity (Wildman–Crippen MR) is 114 cm³/mol. The molecule has 1 unspecified atom stereocenters. The van der Waals surface area contributed by atoms with Crippen molar-refractivity contribution in [2.24, 2.45) is 0 Å². The van der Waals surface area contributed by atoms with Crippen LogP contribution in [0.2, 0.25) is 0 Å². The minimum Gasteiger partial charge on any atom is -0.455 e. The van der Waals surface area contributed by atoms with E-state index in [0.717, 1.165) is 25.7 Å². The van der Waals surface area contributed by atoms with Crippen LogP contribution in [0.3, 0.4) is 0 Å². The second kappa shape index (κ2) is 20.3. The fraction of sp³-hybridized carbons (Fsp3) is 0.792. The molecule has 0 radical (unpaired) electrons. The number of hydrogen-bond acceptors (Lipinski definition) is 2. The van der Waals surface area contributed by atoms with E-state index in [1.807, 2.05) is 0 Å². The maximum atomic E-state index is 11.4. The van der Waals surface area contributed by atoms with Gasteiger partial charge in [0.1, 0.15) is 6.10 Å². The first-order valence-corrected chi connectivity index (χ1v) is 11.2. The highest BCUT2D eigenvalue weighted by atomic mass is 16.5. The number of esters is 1. The number of carbonyl (C=O) groups is 1. The summed E-state index contributed by atoms with van der Waals surface area (Å²) >= 11 is 0. The number of unbranched alkanes of at least 4 members (excludes halogenated alkanes) is 13. The molecular weight excluding hydrogens is 320 g/mol. The monoisotopic (exact) mass is 364 g/mol. The summed E-state index contributed by atoms with van der Waals surface area (Å²) in [6.07, 6.45) is 26.2. The molecule has 0 fully saturated rings. The first-order valence-electron chi connectivity index (χ1n) is 11.2. The van der Waals surface area contributed by atoms with E-state index in [2.05, 4.69) is 32.6 Å². The summed E-state index contributed by atoms with van der Waals surface area (Å²) in [6.45, 7) is 7.90. The Bertz CT molecular complexity index is 346. The van der Waals surface area contributed by atoms with E-state index in [-0.39, 0.29) is 12.1 Å². The molecule has 0 aliphatic carbocycles. The summed E-state index contributed by atoms with van der Waals surface area (Å²) in [5.41, 5.74) is 0. The van der Waals surface area contributed by atoms with Crippen LogP contribution in [-0.4, -0.2) is 12.1 Å². The van der Waals surface area contributed by atoms with Gasteiger partial charge in [0, 0.05) is 6.08 Å². The third-order valence-electron chi connectivity index (χ3n) is 4.85. The Morgan fingerprint density at radius 2 is 1.31 bits per heavy atom. The zero-order chi connectivity index (χ0) is 19.3. The quantitative estimate of drug-likeness (QED) is 0.101. The molecule has 0 aromatic rings. The van der Waals surface area contributed by atoms with Crippen molar-refractivity contribution in [2.75, 3.05) is 0 Å². The van der Waals surface area contributed by atoms with Gasteiger partial charge in [-0.1, -0.05) is 104 Å². The number of rotatable bonds is 19. The Morgan fingerprint density at radius 3 is 1.81 bits per heavy atom. The molecule has 0 spiro atoms. The number of allylic oxidation sites excluding steroid dienone is 1. The van der Waals surface area contributed by atoms with Gasteiger partial charge in [0.15, 0.2) is 0 Å². The maximum absolute atomic E-state index is 11.4.